The summed E-state index contributed by atoms with van der Waals surface area (Å²) < 4.78 is 0. The van der Waals surface area contributed by atoms with E-state index in [0.29, 0.717) is 6.42 Å². The van der Waals surface area contributed by atoms with Crippen molar-refractivity contribution in [2.45, 2.75) is 205 Å². The lowest BCUT2D eigenvalue weighted by molar-refractivity contribution is -0.124. The van der Waals surface area contributed by atoms with Crippen LogP contribution in [-0.2, 0) is 4.79 Å². The summed E-state index contributed by atoms with van der Waals surface area (Å²) in [5.41, 5.74) is 0. The highest BCUT2D eigenvalue weighted by Crippen LogP contribution is 2.13. The maximum atomic E-state index is 12.4. The van der Waals surface area contributed by atoms with Crippen molar-refractivity contribution in [2.24, 2.45) is 0 Å². The highest BCUT2D eigenvalue weighted by Gasteiger charge is 2.20. The fourth-order valence-corrected chi connectivity index (χ4v) is 5.72. The molecule has 3 atom stereocenters. The van der Waals surface area contributed by atoms with E-state index in [1.165, 1.54) is 109 Å². The molecular weight excluding hydrogens is 582 g/mol. The normalized spacial score (nSPS) is 14.2. The largest absolute Gasteiger partial charge is 0.394 e. The van der Waals surface area contributed by atoms with Gasteiger partial charge in [-0.2, -0.15) is 0 Å². The van der Waals surface area contributed by atoms with Gasteiger partial charge in [-0.3, -0.25) is 4.79 Å². The standard InChI is InChI=1S/C42H77NO4/c1-3-5-7-9-11-13-15-17-19-20-21-22-23-25-27-29-31-33-35-39(45)37-42(47)43-40(38-44)41(46)36-34-32-30-28-26-24-18-16-14-12-10-8-6-4-2/h14,16,21-22,26,28,34,36,39-41,44-46H,3-13,15,17-20,23-25,27,29-33,35,37-38H2,1-2H3,(H,43,47)/b16-14+,22-21-,28-26+,36-34+. The van der Waals surface area contributed by atoms with E-state index in [0.717, 1.165) is 51.4 Å². The van der Waals surface area contributed by atoms with E-state index < -0.39 is 18.2 Å². The Labute approximate surface area is 291 Å². The van der Waals surface area contributed by atoms with E-state index in [9.17, 15) is 20.1 Å². The molecule has 0 saturated carbocycles. The van der Waals surface area contributed by atoms with Gasteiger partial charge < -0.3 is 20.6 Å². The third kappa shape index (κ3) is 34.0. The average Bonchev–Trinajstić information content (AvgIpc) is 3.06. The molecule has 0 saturated heterocycles. The monoisotopic (exact) mass is 660 g/mol. The number of aliphatic hydroxyl groups is 3. The molecule has 0 aliphatic carbocycles. The Morgan fingerprint density at radius 3 is 1.38 bits per heavy atom. The molecule has 0 spiro atoms. The van der Waals surface area contributed by atoms with Crippen molar-refractivity contribution >= 4 is 5.91 Å². The Morgan fingerprint density at radius 1 is 0.532 bits per heavy atom. The van der Waals surface area contributed by atoms with Crippen LogP contribution in [-0.4, -0.2) is 46.1 Å². The molecule has 4 N–H and O–H groups in total. The van der Waals surface area contributed by atoms with Crippen molar-refractivity contribution in [1.82, 2.24) is 5.32 Å². The van der Waals surface area contributed by atoms with Crippen LogP contribution in [0.3, 0.4) is 0 Å². The molecule has 3 unspecified atom stereocenters. The van der Waals surface area contributed by atoms with Crippen molar-refractivity contribution in [3.8, 4) is 0 Å². The first-order valence-electron chi connectivity index (χ1n) is 19.9. The summed E-state index contributed by atoms with van der Waals surface area (Å²) in [5, 5.41) is 33.1. The van der Waals surface area contributed by atoms with Gasteiger partial charge in [-0.15, -0.1) is 0 Å². The third-order valence-corrected chi connectivity index (χ3v) is 8.82. The minimum absolute atomic E-state index is 0.00444. The number of allylic oxidation sites excluding steroid dienone is 7. The van der Waals surface area contributed by atoms with Crippen LogP contribution in [0.25, 0.3) is 0 Å². The number of unbranched alkanes of at least 4 members (excludes halogenated alkanes) is 20. The average molecular weight is 660 g/mol. The fourth-order valence-electron chi connectivity index (χ4n) is 5.72. The second-order valence-corrected chi connectivity index (χ2v) is 13.5. The Bertz CT molecular complexity index is 775. The lowest BCUT2D eigenvalue weighted by Crippen LogP contribution is -2.45. The molecule has 0 aromatic heterocycles. The molecule has 5 nitrogen and oxygen atoms in total. The zero-order valence-electron chi connectivity index (χ0n) is 30.9. The quantitative estimate of drug-likeness (QED) is 0.0402. The predicted molar refractivity (Wildman–Crippen MR) is 204 cm³/mol. The lowest BCUT2D eigenvalue weighted by Gasteiger charge is -2.20. The molecule has 0 bridgehead atoms. The second-order valence-electron chi connectivity index (χ2n) is 13.5. The van der Waals surface area contributed by atoms with E-state index in [4.69, 9.17) is 0 Å². The van der Waals surface area contributed by atoms with Gasteiger partial charge in [0.25, 0.3) is 0 Å². The smallest absolute Gasteiger partial charge is 0.222 e. The van der Waals surface area contributed by atoms with Gasteiger partial charge in [0.15, 0.2) is 0 Å². The second kappa shape index (κ2) is 37.1. The summed E-state index contributed by atoms with van der Waals surface area (Å²) in [4.78, 5) is 12.4. The summed E-state index contributed by atoms with van der Waals surface area (Å²) in [6, 6.07) is -0.769. The summed E-state index contributed by atoms with van der Waals surface area (Å²) in [6.07, 6.45) is 46.7. The molecule has 47 heavy (non-hydrogen) atoms. The molecule has 1 amide bonds. The number of hydrogen-bond donors (Lipinski definition) is 4. The molecule has 0 aliphatic heterocycles. The van der Waals surface area contributed by atoms with Crippen LogP contribution in [0.5, 0.6) is 0 Å². The molecule has 0 aromatic rings. The highest BCUT2D eigenvalue weighted by molar-refractivity contribution is 5.76. The molecule has 0 aromatic carbocycles. The fraction of sp³-hybridized carbons (Fsp3) is 0.786. The van der Waals surface area contributed by atoms with Crippen LogP contribution in [0, 0.1) is 0 Å². The van der Waals surface area contributed by atoms with Crippen molar-refractivity contribution in [1.29, 1.82) is 0 Å². The van der Waals surface area contributed by atoms with Gasteiger partial charge in [0.05, 0.1) is 31.3 Å². The van der Waals surface area contributed by atoms with Crippen LogP contribution in [0.4, 0.5) is 0 Å². The van der Waals surface area contributed by atoms with Gasteiger partial charge >= 0.3 is 0 Å². The van der Waals surface area contributed by atoms with E-state index >= 15 is 0 Å². The third-order valence-electron chi connectivity index (χ3n) is 8.82. The van der Waals surface area contributed by atoms with Crippen LogP contribution in [0.15, 0.2) is 48.6 Å². The maximum absolute atomic E-state index is 12.4. The van der Waals surface area contributed by atoms with Gasteiger partial charge in [0.2, 0.25) is 5.91 Å². The minimum Gasteiger partial charge on any atom is -0.394 e. The Morgan fingerprint density at radius 2 is 0.915 bits per heavy atom. The number of amides is 1. The Kier molecular flexibility index (Phi) is 35.8. The minimum atomic E-state index is -0.961. The molecule has 0 radical (unpaired) electrons. The zero-order valence-corrected chi connectivity index (χ0v) is 30.9. The highest BCUT2D eigenvalue weighted by atomic mass is 16.3. The first-order chi connectivity index (χ1) is 23.0. The number of hydrogen-bond acceptors (Lipinski definition) is 4. The van der Waals surface area contributed by atoms with E-state index in [2.05, 4.69) is 55.6 Å². The van der Waals surface area contributed by atoms with Crippen molar-refractivity contribution in [3.63, 3.8) is 0 Å². The van der Waals surface area contributed by atoms with E-state index in [-0.39, 0.29) is 18.9 Å². The number of aliphatic hydroxyl groups excluding tert-OH is 3. The summed E-state index contributed by atoms with van der Waals surface area (Å²) >= 11 is 0. The lowest BCUT2D eigenvalue weighted by atomic mass is 10.0. The van der Waals surface area contributed by atoms with Gasteiger partial charge in [-0.05, 0) is 70.6 Å². The van der Waals surface area contributed by atoms with Gasteiger partial charge in [0, 0.05) is 0 Å². The van der Waals surface area contributed by atoms with Gasteiger partial charge in [-0.1, -0.05) is 159 Å². The van der Waals surface area contributed by atoms with Crippen molar-refractivity contribution in [3.05, 3.63) is 48.6 Å². The molecule has 274 valence electrons. The molecule has 0 rings (SSSR count). The predicted octanol–water partition coefficient (Wildman–Crippen LogP) is 11.0. The van der Waals surface area contributed by atoms with Crippen LogP contribution in [0.1, 0.15) is 187 Å². The van der Waals surface area contributed by atoms with Crippen molar-refractivity contribution < 1.29 is 20.1 Å². The topological polar surface area (TPSA) is 89.8 Å². The van der Waals surface area contributed by atoms with Crippen LogP contribution >= 0.6 is 0 Å². The molecule has 0 aliphatic rings. The molecular formula is C42H77NO4. The molecule has 0 fully saturated rings. The number of rotatable bonds is 35. The molecule has 5 heteroatoms. The summed E-state index contributed by atoms with van der Waals surface area (Å²) in [6.45, 7) is 4.16. The number of carbonyl (C=O) groups is 1. The summed E-state index contributed by atoms with van der Waals surface area (Å²) in [5.74, 6) is -0.337. The summed E-state index contributed by atoms with van der Waals surface area (Å²) in [7, 11) is 0. The Hall–Kier alpha value is -1.69. The van der Waals surface area contributed by atoms with Crippen molar-refractivity contribution in [2.75, 3.05) is 6.61 Å². The van der Waals surface area contributed by atoms with Crippen LogP contribution < -0.4 is 5.32 Å². The SMILES string of the molecule is CCCCCC/C=C/CC/C=C/CC/C=C/C(O)C(CO)NC(=O)CC(O)CCCCCCC/C=C\CCCCCCCCCCC. The van der Waals surface area contributed by atoms with Gasteiger partial charge in [0.1, 0.15) is 0 Å². The van der Waals surface area contributed by atoms with E-state index in [1.807, 2.05) is 6.08 Å². The van der Waals surface area contributed by atoms with Gasteiger partial charge in [-0.25, -0.2) is 0 Å². The first-order valence-corrected chi connectivity index (χ1v) is 19.9. The number of carbonyl (C=O) groups excluding carboxylic acids is 1. The maximum Gasteiger partial charge on any atom is 0.222 e. The van der Waals surface area contributed by atoms with Crippen LogP contribution in [0.2, 0.25) is 0 Å². The molecule has 0 heterocycles. The zero-order chi connectivity index (χ0) is 34.5. The van der Waals surface area contributed by atoms with E-state index in [1.54, 1.807) is 6.08 Å². The number of nitrogens with one attached hydrogen (secondary N) is 1. The first kappa shape index (κ1) is 45.3. The Balaban J connectivity index is 3.78.